The van der Waals surface area contributed by atoms with E-state index in [9.17, 15) is 0 Å². The first-order valence-electron chi connectivity index (χ1n) is 20.4. The standard InChI is InChI=1S/C56H33N3S/c1-2-13-34(14-3-1)48-29-27-35-25-26-36-28-30-49(58-55(36)54(35)57-48)37-15-12-16-38(31-37)53-43-33-52-47(32-42(43)41-19-6-10-23-50(41)59-53)56(46-22-9-11-24-51(46)60-52)44-20-7-4-17-39(44)40-18-5-8-21-45(40)56/h1-33H. The molecule has 1 aliphatic carbocycles. The zero-order valence-electron chi connectivity index (χ0n) is 32.3. The van der Waals surface area contributed by atoms with Crippen LogP contribution in [-0.2, 0) is 5.41 Å². The van der Waals surface area contributed by atoms with Gasteiger partial charge in [0, 0.05) is 48.0 Å². The Kier molecular flexibility index (Phi) is 7.16. The van der Waals surface area contributed by atoms with Crippen LogP contribution in [0, 0.1) is 0 Å². The van der Waals surface area contributed by atoms with Crippen LogP contribution in [0.1, 0.15) is 22.3 Å². The van der Waals surface area contributed by atoms with Crippen molar-refractivity contribution >= 4 is 55.2 Å². The summed E-state index contributed by atoms with van der Waals surface area (Å²) in [5.74, 6) is 0. The first-order chi connectivity index (χ1) is 29.7. The number of rotatable bonds is 3. The highest BCUT2D eigenvalue weighted by Crippen LogP contribution is 2.62. The van der Waals surface area contributed by atoms with Crippen molar-refractivity contribution in [1.82, 2.24) is 15.0 Å². The van der Waals surface area contributed by atoms with Gasteiger partial charge in [-0.2, -0.15) is 0 Å². The minimum Gasteiger partial charge on any atom is -0.247 e. The second-order valence-corrected chi connectivity index (χ2v) is 16.9. The number of fused-ring (bicyclic) bond motifs is 15. The van der Waals surface area contributed by atoms with Crippen LogP contribution in [0.2, 0.25) is 0 Å². The second kappa shape index (κ2) is 12.8. The monoisotopic (exact) mass is 779 g/mol. The van der Waals surface area contributed by atoms with Crippen LogP contribution in [0.5, 0.6) is 0 Å². The predicted molar refractivity (Wildman–Crippen MR) is 248 cm³/mol. The summed E-state index contributed by atoms with van der Waals surface area (Å²) in [6.07, 6.45) is 0. The van der Waals surface area contributed by atoms with Crippen LogP contribution in [0.4, 0.5) is 0 Å². The molecule has 1 spiro atoms. The van der Waals surface area contributed by atoms with E-state index in [1.54, 1.807) is 0 Å². The normalized spacial score (nSPS) is 13.4. The third-order valence-electron chi connectivity index (χ3n) is 12.7. The number of hydrogen-bond donors (Lipinski definition) is 0. The van der Waals surface area contributed by atoms with E-state index >= 15 is 0 Å². The number of aromatic nitrogens is 3. The molecule has 0 bridgehead atoms. The Hall–Kier alpha value is -7.40. The van der Waals surface area contributed by atoms with Gasteiger partial charge >= 0.3 is 0 Å². The SMILES string of the molecule is c1ccc(-c2ccc3ccc4ccc(-c5cccc(-c6nc7ccccc7c7cc8c(cc67)Sc6ccccc6C86c7ccccc7-c7ccccc76)c5)nc4c3n2)cc1. The van der Waals surface area contributed by atoms with Gasteiger partial charge in [-0.05, 0) is 81.2 Å². The van der Waals surface area contributed by atoms with Crippen molar-refractivity contribution in [2.24, 2.45) is 0 Å². The fraction of sp³-hybridized carbons (Fsp3) is 0.0179. The van der Waals surface area contributed by atoms with E-state index in [-0.39, 0.29) is 0 Å². The lowest BCUT2D eigenvalue weighted by atomic mass is 9.67. The largest absolute Gasteiger partial charge is 0.247 e. The van der Waals surface area contributed by atoms with Gasteiger partial charge in [-0.25, -0.2) is 15.0 Å². The van der Waals surface area contributed by atoms with Crippen LogP contribution < -0.4 is 0 Å². The quantitative estimate of drug-likeness (QED) is 0.167. The topological polar surface area (TPSA) is 38.7 Å². The van der Waals surface area contributed by atoms with E-state index in [1.807, 2.05) is 17.8 Å². The lowest BCUT2D eigenvalue weighted by molar-refractivity contribution is 0.724. The van der Waals surface area contributed by atoms with Crippen molar-refractivity contribution in [2.75, 3.05) is 0 Å². The minimum absolute atomic E-state index is 0.453. The molecule has 60 heavy (non-hydrogen) atoms. The highest BCUT2D eigenvalue weighted by molar-refractivity contribution is 7.99. The fourth-order valence-corrected chi connectivity index (χ4v) is 11.3. The van der Waals surface area contributed by atoms with Crippen LogP contribution in [-0.4, -0.2) is 15.0 Å². The summed E-state index contributed by atoms with van der Waals surface area (Å²) in [7, 11) is 0. The van der Waals surface area contributed by atoms with Crippen LogP contribution in [0.15, 0.2) is 210 Å². The first-order valence-corrected chi connectivity index (χ1v) is 21.2. The molecule has 1 aliphatic heterocycles. The van der Waals surface area contributed by atoms with Crippen molar-refractivity contribution in [1.29, 1.82) is 0 Å². The van der Waals surface area contributed by atoms with Gasteiger partial charge in [0.2, 0.25) is 0 Å². The molecule has 3 aromatic heterocycles. The van der Waals surface area contributed by atoms with Crippen LogP contribution in [0.25, 0.3) is 88.4 Å². The number of para-hydroxylation sites is 1. The maximum Gasteiger partial charge on any atom is 0.0972 e. The van der Waals surface area contributed by atoms with Gasteiger partial charge in [0.15, 0.2) is 0 Å². The Bertz CT molecular complexity index is 3550. The van der Waals surface area contributed by atoms with E-state index in [4.69, 9.17) is 15.0 Å². The first kappa shape index (κ1) is 33.6. The fourth-order valence-electron chi connectivity index (χ4n) is 10.0. The van der Waals surface area contributed by atoms with Crippen molar-refractivity contribution in [3.63, 3.8) is 0 Å². The summed E-state index contributed by atoms with van der Waals surface area (Å²) in [6, 6.07) is 72.5. The maximum atomic E-state index is 5.45. The summed E-state index contributed by atoms with van der Waals surface area (Å²) < 4.78 is 0. The molecule has 4 heterocycles. The van der Waals surface area contributed by atoms with E-state index < -0.39 is 5.41 Å². The lowest BCUT2D eigenvalue weighted by Gasteiger charge is -2.40. The van der Waals surface area contributed by atoms with Gasteiger partial charge in [-0.3, -0.25) is 0 Å². The lowest BCUT2D eigenvalue weighted by Crippen LogP contribution is -2.32. The third-order valence-corrected chi connectivity index (χ3v) is 13.8. The Morgan fingerprint density at radius 3 is 1.68 bits per heavy atom. The average Bonchev–Trinajstić information content (AvgIpc) is 3.61. The molecule has 278 valence electrons. The van der Waals surface area contributed by atoms with Gasteiger partial charge < -0.3 is 0 Å². The van der Waals surface area contributed by atoms with Gasteiger partial charge in [0.25, 0.3) is 0 Å². The summed E-state index contributed by atoms with van der Waals surface area (Å²) in [5.41, 5.74) is 16.3. The van der Waals surface area contributed by atoms with Crippen molar-refractivity contribution in [3.05, 3.63) is 222 Å². The third kappa shape index (κ3) is 4.77. The van der Waals surface area contributed by atoms with E-state index in [0.29, 0.717) is 0 Å². The molecule has 0 fully saturated rings. The molecule has 0 N–H and O–H groups in total. The molecule has 8 aromatic carbocycles. The smallest absolute Gasteiger partial charge is 0.0972 e. The van der Waals surface area contributed by atoms with Gasteiger partial charge in [-0.15, -0.1) is 0 Å². The van der Waals surface area contributed by atoms with Crippen LogP contribution in [0.3, 0.4) is 0 Å². The van der Waals surface area contributed by atoms with Gasteiger partial charge in [0.05, 0.1) is 39.0 Å². The summed E-state index contributed by atoms with van der Waals surface area (Å²) >= 11 is 1.87. The zero-order chi connectivity index (χ0) is 39.4. The summed E-state index contributed by atoms with van der Waals surface area (Å²) in [4.78, 5) is 18.5. The predicted octanol–water partition coefficient (Wildman–Crippen LogP) is 14.3. The number of pyridine rings is 3. The molecular formula is C56H33N3S. The second-order valence-electron chi connectivity index (χ2n) is 15.9. The summed E-state index contributed by atoms with van der Waals surface area (Å²) in [5, 5.41) is 5.64. The molecule has 0 radical (unpaired) electrons. The van der Waals surface area contributed by atoms with E-state index in [1.165, 1.54) is 48.6 Å². The molecule has 3 nitrogen and oxygen atoms in total. The molecule has 11 aromatic rings. The minimum atomic E-state index is -0.453. The molecule has 0 saturated heterocycles. The zero-order valence-corrected chi connectivity index (χ0v) is 33.1. The van der Waals surface area contributed by atoms with Crippen LogP contribution >= 0.6 is 11.8 Å². The molecule has 13 rings (SSSR count). The molecule has 0 amide bonds. The highest BCUT2D eigenvalue weighted by atomic mass is 32.2. The Morgan fingerprint density at radius 1 is 0.350 bits per heavy atom. The Morgan fingerprint density at radius 2 is 0.933 bits per heavy atom. The molecular weight excluding hydrogens is 747 g/mol. The molecule has 0 unspecified atom stereocenters. The average molecular weight is 780 g/mol. The molecule has 2 aliphatic rings. The molecule has 4 heteroatoms. The molecule has 0 atom stereocenters. The van der Waals surface area contributed by atoms with E-state index in [0.717, 1.165) is 71.9 Å². The number of hydrogen-bond acceptors (Lipinski definition) is 4. The van der Waals surface area contributed by atoms with Gasteiger partial charge in [0.1, 0.15) is 0 Å². The van der Waals surface area contributed by atoms with Crippen molar-refractivity contribution < 1.29 is 0 Å². The van der Waals surface area contributed by atoms with E-state index in [2.05, 4.69) is 194 Å². The van der Waals surface area contributed by atoms with Gasteiger partial charge in [-0.1, -0.05) is 169 Å². The molecule has 0 saturated carbocycles. The highest BCUT2D eigenvalue weighted by Gasteiger charge is 2.50. The Labute approximate surface area is 351 Å². The van der Waals surface area contributed by atoms with Crippen molar-refractivity contribution in [2.45, 2.75) is 15.2 Å². The maximum absolute atomic E-state index is 5.45. The number of benzene rings is 8. The summed E-state index contributed by atoms with van der Waals surface area (Å²) in [6.45, 7) is 0. The number of nitrogens with zero attached hydrogens (tertiary/aromatic N) is 3. The Balaban J connectivity index is 1.02. The van der Waals surface area contributed by atoms with Crippen molar-refractivity contribution in [3.8, 4) is 44.9 Å².